The fraction of sp³-hybridized carbons (Fsp3) is 0.375. The summed E-state index contributed by atoms with van der Waals surface area (Å²) in [5.74, 6) is 0.316. The molecular formula is C24H27F2N3O2. The Labute approximate surface area is 180 Å². The Morgan fingerprint density at radius 2 is 1.71 bits per heavy atom. The van der Waals surface area contributed by atoms with Crippen LogP contribution in [0.25, 0.3) is 5.69 Å². The molecule has 0 bridgehead atoms. The number of halogens is 2. The van der Waals surface area contributed by atoms with Gasteiger partial charge in [-0.25, -0.2) is 13.5 Å². The molecule has 0 aliphatic heterocycles. The molecule has 0 saturated heterocycles. The van der Waals surface area contributed by atoms with Crippen molar-refractivity contribution in [1.29, 1.82) is 0 Å². The first-order valence-corrected chi connectivity index (χ1v) is 10.6. The van der Waals surface area contributed by atoms with Gasteiger partial charge in [0, 0.05) is 19.1 Å². The molecule has 0 amide bonds. The topological polar surface area (TPSA) is 50.5 Å². The van der Waals surface area contributed by atoms with Crippen LogP contribution in [0.5, 0.6) is 11.6 Å². The number of hydrogen-bond donors (Lipinski definition) is 1. The van der Waals surface area contributed by atoms with Crippen molar-refractivity contribution in [3.63, 3.8) is 0 Å². The van der Waals surface area contributed by atoms with Crippen molar-refractivity contribution in [1.82, 2.24) is 14.7 Å². The predicted octanol–water partition coefficient (Wildman–Crippen LogP) is 4.99. The van der Waals surface area contributed by atoms with E-state index in [1.54, 1.807) is 28.9 Å². The molecule has 1 aliphatic carbocycles. The molecule has 0 spiro atoms. The van der Waals surface area contributed by atoms with E-state index >= 15 is 0 Å². The van der Waals surface area contributed by atoms with Gasteiger partial charge in [-0.15, -0.1) is 0 Å². The Morgan fingerprint density at radius 3 is 2.29 bits per heavy atom. The highest BCUT2D eigenvalue weighted by molar-refractivity contribution is 5.43. The van der Waals surface area contributed by atoms with Crippen LogP contribution < -0.4 is 4.74 Å². The van der Waals surface area contributed by atoms with Crippen LogP contribution in [0.1, 0.15) is 37.4 Å². The fourth-order valence-electron chi connectivity index (χ4n) is 3.58. The molecule has 164 valence electrons. The van der Waals surface area contributed by atoms with Gasteiger partial charge in [-0.2, -0.15) is 5.10 Å². The zero-order valence-corrected chi connectivity index (χ0v) is 17.8. The van der Waals surface area contributed by atoms with E-state index in [9.17, 15) is 13.9 Å². The van der Waals surface area contributed by atoms with Crippen LogP contribution in [0.2, 0.25) is 0 Å². The zero-order chi connectivity index (χ0) is 22.0. The first kappa shape index (κ1) is 21.5. The molecule has 31 heavy (non-hydrogen) atoms. The van der Waals surface area contributed by atoms with Crippen molar-refractivity contribution in [2.24, 2.45) is 0 Å². The van der Waals surface area contributed by atoms with E-state index in [4.69, 9.17) is 4.74 Å². The minimum atomic E-state index is -0.394. The number of benzene rings is 2. The molecule has 1 heterocycles. The number of ether oxygens (including phenoxy) is 1. The first-order chi connectivity index (χ1) is 14.9. The average molecular weight is 427 g/mol. The monoisotopic (exact) mass is 427 g/mol. The van der Waals surface area contributed by atoms with Crippen molar-refractivity contribution in [3.05, 3.63) is 71.4 Å². The molecule has 1 N–H and O–H groups in total. The van der Waals surface area contributed by atoms with Crippen molar-refractivity contribution in [3.8, 4) is 17.3 Å². The van der Waals surface area contributed by atoms with Crippen LogP contribution in [-0.4, -0.2) is 38.5 Å². The Kier molecular flexibility index (Phi) is 6.34. The largest absolute Gasteiger partial charge is 0.439 e. The number of hydrogen-bond acceptors (Lipinski definition) is 4. The Bertz CT molecular complexity index is 1010. The van der Waals surface area contributed by atoms with Gasteiger partial charge in [0.2, 0.25) is 5.88 Å². The van der Waals surface area contributed by atoms with Gasteiger partial charge in [-0.1, -0.05) is 6.92 Å². The molecule has 3 aromatic rings. The first-order valence-electron chi connectivity index (χ1n) is 10.6. The van der Waals surface area contributed by atoms with Gasteiger partial charge in [-0.05, 0) is 74.7 Å². The zero-order valence-electron chi connectivity index (χ0n) is 17.8. The van der Waals surface area contributed by atoms with Crippen LogP contribution in [0.3, 0.4) is 0 Å². The van der Waals surface area contributed by atoms with Gasteiger partial charge < -0.3 is 9.84 Å². The van der Waals surface area contributed by atoms with Gasteiger partial charge in [0.05, 0.1) is 23.0 Å². The SMILES string of the molecule is CC[C@@H](O)CN(Cc1c(C)nn(-c2ccc(F)cc2)c1Oc1ccc(F)cc1)C1CC1. The van der Waals surface area contributed by atoms with Gasteiger partial charge in [0.15, 0.2) is 0 Å². The molecule has 4 rings (SSSR count). The highest BCUT2D eigenvalue weighted by atomic mass is 19.1. The van der Waals surface area contributed by atoms with Crippen LogP contribution in [0.4, 0.5) is 8.78 Å². The molecule has 1 aliphatic rings. The molecule has 1 atom stereocenters. The van der Waals surface area contributed by atoms with Crippen LogP contribution >= 0.6 is 0 Å². The molecule has 1 saturated carbocycles. The number of rotatable bonds is 9. The second kappa shape index (κ2) is 9.16. The highest BCUT2D eigenvalue weighted by Gasteiger charge is 2.32. The molecule has 1 fully saturated rings. The Balaban J connectivity index is 1.72. The van der Waals surface area contributed by atoms with E-state index in [0.717, 1.165) is 24.1 Å². The Hall–Kier alpha value is -2.77. The maximum atomic E-state index is 13.5. The maximum Gasteiger partial charge on any atom is 0.227 e. The van der Waals surface area contributed by atoms with Crippen molar-refractivity contribution >= 4 is 0 Å². The van der Waals surface area contributed by atoms with E-state index in [1.165, 1.54) is 24.3 Å². The lowest BCUT2D eigenvalue weighted by atomic mass is 10.2. The maximum absolute atomic E-state index is 13.5. The summed E-state index contributed by atoms with van der Waals surface area (Å²) in [5.41, 5.74) is 2.35. The summed E-state index contributed by atoms with van der Waals surface area (Å²) in [7, 11) is 0. The van der Waals surface area contributed by atoms with E-state index in [-0.39, 0.29) is 11.6 Å². The number of nitrogens with zero attached hydrogens (tertiary/aromatic N) is 3. The van der Waals surface area contributed by atoms with Crippen molar-refractivity contribution < 1.29 is 18.6 Å². The van der Waals surface area contributed by atoms with Gasteiger partial charge in [0.1, 0.15) is 17.4 Å². The minimum absolute atomic E-state index is 0.331. The summed E-state index contributed by atoms with van der Waals surface area (Å²) in [4.78, 5) is 2.27. The lowest BCUT2D eigenvalue weighted by Crippen LogP contribution is -2.33. The summed E-state index contributed by atoms with van der Waals surface area (Å²) in [5, 5.41) is 14.9. The smallest absolute Gasteiger partial charge is 0.227 e. The second-order valence-corrected chi connectivity index (χ2v) is 8.04. The van der Waals surface area contributed by atoms with E-state index in [0.29, 0.717) is 42.9 Å². The standard InChI is InChI=1S/C24H27F2N3O2/c1-3-21(30)14-28(19-10-11-19)15-23-16(2)27-29(20-8-4-17(25)5-9-20)24(23)31-22-12-6-18(26)7-13-22/h4-9,12-13,19,21,30H,3,10-11,14-15H2,1-2H3/t21-/m1/s1. The van der Waals surface area contributed by atoms with Crippen LogP contribution in [0, 0.1) is 18.6 Å². The third kappa shape index (κ3) is 5.11. The summed E-state index contributed by atoms with van der Waals surface area (Å²) >= 11 is 0. The highest BCUT2D eigenvalue weighted by Crippen LogP contribution is 2.35. The average Bonchev–Trinajstić information content (AvgIpc) is 3.56. The lowest BCUT2D eigenvalue weighted by molar-refractivity contribution is 0.100. The number of aromatic nitrogens is 2. The lowest BCUT2D eigenvalue weighted by Gasteiger charge is -2.25. The van der Waals surface area contributed by atoms with E-state index < -0.39 is 6.10 Å². The van der Waals surface area contributed by atoms with Gasteiger partial charge >= 0.3 is 0 Å². The minimum Gasteiger partial charge on any atom is -0.439 e. The van der Waals surface area contributed by atoms with E-state index in [2.05, 4.69) is 10.00 Å². The molecule has 0 unspecified atom stereocenters. The van der Waals surface area contributed by atoms with Gasteiger partial charge in [0.25, 0.3) is 0 Å². The second-order valence-electron chi connectivity index (χ2n) is 8.04. The van der Waals surface area contributed by atoms with Crippen molar-refractivity contribution in [2.75, 3.05) is 6.54 Å². The van der Waals surface area contributed by atoms with Gasteiger partial charge in [-0.3, -0.25) is 4.90 Å². The molecule has 1 aromatic heterocycles. The molecule has 2 aromatic carbocycles. The Morgan fingerprint density at radius 1 is 1.10 bits per heavy atom. The summed E-state index contributed by atoms with van der Waals surface area (Å²) in [6.07, 6.45) is 2.51. The molecule has 5 nitrogen and oxygen atoms in total. The van der Waals surface area contributed by atoms with E-state index in [1.807, 2.05) is 13.8 Å². The van der Waals surface area contributed by atoms with Crippen LogP contribution in [0.15, 0.2) is 48.5 Å². The number of aryl methyl sites for hydroxylation is 1. The molecular weight excluding hydrogens is 400 g/mol. The third-order valence-corrected chi connectivity index (χ3v) is 5.58. The number of aliphatic hydroxyl groups is 1. The summed E-state index contributed by atoms with van der Waals surface area (Å²) in [6.45, 7) is 5.04. The van der Waals surface area contributed by atoms with Crippen molar-refractivity contribution in [2.45, 2.75) is 51.8 Å². The fourth-order valence-corrected chi connectivity index (χ4v) is 3.58. The summed E-state index contributed by atoms with van der Waals surface area (Å²) < 4.78 is 34.7. The van der Waals surface area contributed by atoms with Crippen LogP contribution in [-0.2, 0) is 6.54 Å². The normalized spacial score (nSPS) is 14.8. The molecule has 7 heteroatoms. The third-order valence-electron chi connectivity index (χ3n) is 5.58. The summed E-state index contributed by atoms with van der Waals surface area (Å²) in [6, 6.07) is 12.3. The predicted molar refractivity (Wildman–Crippen MR) is 114 cm³/mol. The molecule has 0 radical (unpaired) electrons. The number of aliphatic hydroxyl groups excluding tert-OH is 1. The quantitative estimate of drug-likeness (QED) is 0.523.